The van der Waals surface area contributed by atoms with E-state index in [1.165, 1.54) is 0 Å². The minimum Gasteiger partial charge on any atom is -0.462 e. The van der Waals surface area contributed by atoms with Crippen LogP contribution in [-0.2, 0) is 9.53 Å². The molecule has 4 heteroatoms. The van der Waals surface area contributed by atoms with Gasteiger partial charge in [-0.15, -0.1) is 0 Å². The predicted molar refractivity (Wildman–Crippen MR) is 73.1 cm³/mol. The lowest BCUT2D eigenvalue weighted by Gasteiger charge is -2.19. The number of carbonyl (C=O) groups is 2. The molecule has 19 heavy (non-hydrogen) atoms. The Bertz CT molecular complexity index is 491. The van der Waals surface area contributed by atoms with Gasteiger partial charge < -0.3 is 9.64 Å². The van der Waals surface area contributed by atoms with Crippen LogP contribution in [0, 0.1) is 5.41 Å². The van der Waals surface area contributed by atoms with Crippen molar-refractivity contribution in [1.82, 2.24) is 0 Å². The summed E-state index contributed by atoms with van der Waals surface area (Å²) in [6.45, 7) is 7.01. The fourth-order valence-corrected chi connectivity index (χ4v) is 2.30. The summed E-state index contributed by atoms with van der Waals surface area (Å²) in [5.41, 5.74) is 1.36. The van der Waals surface area contributed by atoms with Gasteiger partial charge in [0, 0.05) is 18.7 Å². The first-order valence-corrected chi connectivity index (χ1v) is 6.50. The van der Waals surface area contributed by atoms with Crippen molar-refractivity contribution in [2.45, 2.75) is 27.2 Å². The Morgan fingerprint density at radius 3 is 2.42 bits per heavy atom. The second-order valence-corrected chi connectivity index (χ2v) is 5.59. The fraction of sp³-hybridized carbons (Fsp3) is 0.467. The van der Waals surface area contributed by atoms with Crippen molar-refractivity contribution in [3.8, 4) is 0 Å². The van der Waals surface area contributed by atoms with Crippen LogP contribution in [0.4, 0.5) is 5.69 Å². The summed E-state index contributed by atoms with van der Waals surface area (Å²) >= 11 is 0. The lowest BCUT2D eigenvalue weighted by atomic mass is 9.93. The first-order chi connectivity index (χ1) is 8.93. The third kappa shape index (κ3) is 2.95. The fourth-order valence-electron chi connectivity index (χ4n) is 2.30. The third-order valence-electron chi connectivity index (χ3n) is 3.21. The number of hydrogen-bond acceptors (Lipinski definition) is 3. The van der Waals surface area contributed by atoms with E-state index < -0.39 is 0 Å². The monoisotopic (exact) mass is 261 g/mol. The minimum atomic E-state index is -0.331. The van der Waals surface area contributed by atoms with Crippen molar-refractivity contribution < 1.29 is 14.3 Å². The summed E-state index contributed by atoms with van der Waals surface area (Å²) in [5, 5.41) is 0. The lowest BCUT2D eigenvalue weighted by molar-refractivity contribution is -0.117. The van der Waals surface area contributed by atoms with Gasteiger partial charge in [0.2, 0.25) is 5.91 Å². The normalized spacial score (nSPS) is 17.6. The lowest BCUT2D eigenvalue weighted by Crippen LogP contribution is -2.25. The van der Waals surface area contributed by atoms with Gasteiger partial charge in [0.25, 0.3) is 0 Å². The number of ether oxygens (including phenoxy) is 1. The highest BCUT2D eigenvalue weighted by molar-refractivity contribution is 5.97. The second kappa shape index (κ2) is 5.03. The maximum atomic E-state index is 11.9. The zero-order chi connectivity index (χ0) is 14.0. The van der Waals surface area contributed by atoms with Crippen LogP contribution >= 0.6 is 0 Å². The van der Waals surface area contributed by atoms with Crippen molar-refractivity contribution in [2.75, 3.05) is 18.1 Å². The van der Waals surface area contributed by atoms with Gasteiger partial charge in [-0.1, -0.05) is 13.8 Å². The first-order valence-electron chi connectivity index (χ1n) is 6.50. The molecule has 1 fully saturated rings. The third-order valence-corrected chi connectivity index (χ3v) is 3.21. The summed E-state index contributed by atoms with van der Waals surface area (Å²) in [4.78, 5) is 25.3. The molecule has 0 N–H and O–H groups in total. The van der Waals surface area contributed by atoms with Gasteiger partial charge in [-0.05, 0) is 36.6 Å². The number of rotatable bonds is 3. The molecule has 1 amide bonds. The SMILES string of the molecule is CCOC(=O)c1ccc(N2CC(C)(C)CC2=O)cc1. The summed E-state index contributed by atoms with van der Waals surface area (Å²) < 4.78 is 4.93. The van der Waals surface area contributed by atoms with E-state index in [1.807, 2.05) is 0 Å². The molecular formula is C15H19NO3. The topological polar surface area (TPSA) is 46.6 Å². The largest absolute Gasteiger partial charge is 0.462 e. The van der Waals surface area contributed by atoms with Crippen molar-refractivity contribution >= 4 is 17.6 Å². The molecule has 1 saturated heterocycles. The van der Waals surface area contributed by atoms with E-state index in [2.05, 4.69) is 13.8 Å². The Kier molecular flexibility index (Phi) is 3.60. The van der Waals surface area contributed by atoms with Crippen LogP contribution in [0.3, 0.4) is 0 Å². The highest BCUT2D eigenvalue weighted by atomic mass is 16.5. The Morgan fingerprint density at radius 1 is 1.32 bits per heavy atom. The highest BCUT2D eigenvalue weighted by Crippen LogP contribution is 2.33. The molecule has 0 aromatic heterocycles. The average molecular weight is 261 g/mol. The molecule has 2 rings (SSSR count). The van der Waals surface area contributed by atoms with Crippen molar-refractivity contribution in [3.05, 3.63) is 29.8 Å². The summed E-state index contributed by atoms with van der Waals surface area (Å²) in [6, 6.07) is 7.00. The van der Waals surface area contributed by atoms with E-state index in [-0.39, 0.29) is 17.3 Å². The van der Waals surface area contributed by atoms with Crippen LogP contribution in [0.25, 0.3) is 0 Å². The smallest absolute Gasteiger partial charge is 0.338 e. The molecule has 0 spiro atoms. The number of benzene rings is 1. The Morgan fingerprint density at radius 2 is 1.95 bits per heavy atom. The van der Waals surface area contributed by atoms with Gasteiger partial charge in [-0.25, -0.2) is 4.79 Å². The van der Waals surface area contributed by atoms with E-state index in [0.717, 1.165) is 5.69 Å². The van der Waals surface area contributed by atoms with Crippen LogP contribution in [0.2, 0.25) is 0 Å². The Labute approximate surface area is 113 Å². The summed E-state index contributed by atoms with van der Waals surface area (Å²) in [5.74, 6) is -0.198. The average Bonchev–Trinajstić information content (AvgIpc) is 2.63. The Hall–Kier alpha value is -1.84. The van der Waals surface area contributed by atoms with Crippen LogP contribution in [0.5, 0.6) is 0 Å². The molecule has 102 valence electrons. The molecular weight excluding hydrogens is 242 g/mol. The molecule has 1 aliphatic rings. The second-order valence-electron chi connectivity index (χ2n) is 5.59. The van der Waals surface area contributed by atoms with E-state index >= 15 is 0 Å². The molecule has 0 unspecified atom stereocenters. The van der Waals surface area contributed by atoms with Crippen LogP contribution in [-0.4, -0.2) is 25.0 Å². The molecule has 0 saturated carbocycles. The number of carbonyl (C=O) groups excluding carboxylic acids is 2. The minimum absolute atomic E-state index is 0.0108. The predicted octanol–water partition coefficient (Wildman–Crippen LogP) is 2.63. The molecule has 1 aromatic carbocycles. The Balaban J connectivity index is 2.15. The number of hydrogen-bond donors (Lipinski definition) is 0. The van der Waals surface area contributed by atoms with Gasteiger partial charge in [0.15, 0.2) is 0 Å². The van der Waals surface area contributed by atoms with Gasteiger partial charge in [-0.3, -0.25) is 4.79 Å². The van der Waals surface area contributed by atoms with Crippen molar-refractivity contribution in [2.24, 2.45) is 5.41 Å². The van der Waals surface area contributed by atoms with Crippen LogP contribution in [0.1, 0.15) is 37.6 Å². The molecule has 1 heterocycles. The van der Waals surface area contributed by atoms with Gasteiger partial charge in [0.05, 0.1) is 12.2 Å². The van der Waals surface area contributed by atoms with Gasteiger partial charge >= 0.3 is 5.97 Å². The molecule has 0 aliphatic carbocycles. The number of anilines is 1. The molecule has 1 aliphatic heterocycles. The zero-order valence-corrected chi connectivity index (χ0v) is 11.6. The van der Waals surface area contributed by atoms with Gasteiger partial charge in [-0.2, -0.15) is 0 Å². The highest BCUT2D eigenvalue weighted by Gasteiger charge is 2.36. The number of esters is 1. The number of amides is 1. The molecule has 0 atom stereocenters. The van der Waals surface area contributed by atoms with Crippen LogP contribution < -0.4 is 4.90 Å². The molecule has 0 bridgehead atoms. The molecule has 0 radical (unpaired) electrons. The number of nitrogens with zero attached hydrogens (tertiary/aromatic N) is 1. The van der Waals surface area contributed by atoms with Crippen LogP contribution in [0.15, 0.2) is 24.3 Å². The van der Waals surface area contributed by atoms with E-state index in [0.29, 0.717) is 25.1 Å². The quantitative estimate of drug-likeness (QED) is 0.786. The van der Waals surface area contributed by atoms with Gasteiger partial charge in [0.1, 0.15) is 0 Å². The molecule has 1 aromatic rings. The van der Waals surface area contributed by atoms with E-state index in [4.69, 9.17) is 4.74 Å². The summed E-state index contributed by atoms with van der Waals surface area (Å²) in [7, 11) is 0. The van der Waals surface area contributed by atoms with E-state index in [1.54, 1.807) is 36.1 Å². The maximum Gasteiger partial charge on any atom is 0.338 e. The molecule has 4 nitrogen and oxygen atoms in total. The summed E-state index contributed by atoms with van der Waals surface area (Å²) in [6.07, 6.45) is 0.562. The van der Waals surface area contributed by atoms with Crippen molar-refractivity contribution in [1.29, 1.82) is 0 Å². The van der Waals surface area contributed by atoms with E-state index in [9.17, 15) is 9.59 Å². The first kappa shape index (κ1) is 13.6. The maximum absolute atomic E-state index is 11.9. The van der Waals surface area contributed by atoms with Crippen molar-refractivity contribution in [3.63, 3.8) is 0 Å². The zero-order valence-electron chi connectivity index (χ0n) is 11.6. The standard InChI is InChI=1S/C15H19NO3/c1-4-19-14(18)11-5-7-12(8-6-11)16-10-15(2,3)9-13(16)17/h5-8H,4,9-10H2,1-3H3.